The van der Waals surface area contributed by atoms with Crippen molar-refractivity contribution in [2.75, 3.05) is 5.32 Å². The van der Waals surface area contributed by atoms with E-state index in [4.69, 9.17) is 9.47 Å². The van der Waals surface area contributed by atoms with Crippen molar-refractivity contribution in [3.05, 3.63) is 35.5 Å². The third-order valence-electron chi connectivity index (χ3n) is 3.49. The molecule has 0 atom stereocenters. The van der Waals surface area contributed by atoms with Gasteiger partial charge in [0.2, 0.25) is 5.82 Å². The molecule has 0 aliphatic carbocycles. The Labute approximate surface area is 143 Å². The van der Waals surface area contributed by atoms with Crippen LogP contribution in [-0.4, -0.2) is 37.9 Å². The molecule has 2 heterocycles. The van der Waals surface area contributed by atoms with Gasteiger partial charge in [-0.25, -0.2) is 9.59 Å². The van der Waals surface area contributed by atoms with Crippen LogP contribution in [0.2, 0.25) is 0 Å². The number of carbonyl (C=O) groups is 2. The molecule has 0 amide bonds. The number of benzene rings is 1. The van der Waals surface area contributed by atoms with E-state index in [-0.39, 0.29) is 5.57 Å². The number of esters is 2. The fraction of sp³-hybridized carbons (Fsp3) is 0.312. The molecular formula is C16H17N5O4. The van der Waals surface area contributed by atoms with Gasteiger partial charge < -0.3 is 14.8 Å². The zero-order valence-electron chi connectivity index (χ0n) is 14.2. The van der Waals surface area contributed by atoms with Crippen molar-refractivity contribution in [2.24, 2.45) is 7.05 Å². The molecule has 0 unspecified atom stereocenters. The molecule has 1 saturated heterocycles. The van der Waals surface area contributed by atoms with Crippen LogP contribution in [0.3, 0.4) is 0 Å². The molecule has 1 aliphatic rings. The van der Waals surface area contributed by atoms with Crippen LogP contribution in [0.15, 0.2) is 30.0 Å². The van der Waals surface area contributed by atoms with E-state index in [1.165, 1.54) is 24.8 Å². The topological polar surface area (TPSA) is 108 Å². The zero-order valence-corrected chi connectivity index (χ0v) is 14.2. The van der Waals surface area contributed by atoms with Crippen molar-refractivity contribution >= 4 is 17.6 Å². The van der Waals surface area contributed by atoms with E-state index in [0.717, 1.165) is 11.1 Å². The number of aromatic nitrogens is 4. The van der Waals surface area contributed by atoms with Crippen LogP contribution < -0.4 is 5.32 Å². The number of hydrogen-bond donors (Lipinski definition) is 1. The summed E-state index contributed by atoms with van der Waals surface area (Å²) in [5.74, 6) is -2.27. The van der Waals surface area contributed by atoms with Crippen molar-refractivity contribution in [3.8, 4) is 11.4 Å². The molecule has 1 aromatic carbocycles. The van der Waals surface area contributed by atoms with Gasteiger partial charge >= 0.3 is 11.9 Å². The fourth-order valence-electron chi connectivity index (χ4n) is 2.24. The minimum atomic E-state index is -1.26. The van der Waals surface area contributed by atoms with Crippen molar-refractivity contribution in [3.63, 3.8) is 0 Å². The van der Waals surface area contributed by atoms with Crippen molar-refractivity contribution in [2.45, 2.75) is 26.6 Å². The van der Waals surface area contributed by atoms with Gasteiger partial charge in [-0.3, -0.25) is 0 Å². The molecule has 130 valence electrons. The van der Waals surface area contributed by atoms with E-state index in [0.29, 0.717) is 11.5 Å². The summed E-state index contributed by atoms with van der Waals surface area (Å²) in [6.07, 6.45) is 1.27. The number of cyclic esters (lactones) is 2. The predicted octanol–water partition coefficient (Wildman–Crippen LogP) is 1.32. The van der Waals surface area contributed by atoms with Gasteiger partial charge in [-0.05, 0) is 23.8 Å². The number of tetrazole rings is 1. The lowest BCUT2D eigenvalue weighted by molar-refractivity contribution is -0.222. The molecule has 1 aliphatic heterocycles. The van der Waals surface area contributed by atoms with Crippen LogP contribution >= 0.6 is 0 Å². The van der Waals surface area contributed by atoms with Gasteiger partial charge in [0.05, 0.1) is 7.05 Å². The zero-order chi connectivity index (χ0) is 18.2. The van der Waals surface area contributed by atoms with Crippen LogP contribution in [-0.2, 0) is 26.1 Å². The monoisotopic (exact) mass is 343 g/mol. The van der Waals surface area contributed by atoms with E-state index < -0.39 is 17.7 Å². The number of ether oxygens (including phenoxy) is 2. The first-order valence-corrected chi connectivity index (χ1v) is 7.53. The number of carbonyl (C=O) groups excluding carboxylic acids is 2. The van der Waals surface area contributed by atoms with Crippen molar-refractivity contribution in [1.29, 1.82) is 0 Å². The lowest BCUT2D eigenvalue weighted by atomic mass is 10.1. The van der Waals surface area contributed by atoms with E-state index in [1.807, 2.05) is 19.1 Å². The molecule has 1 fully saturated rings. The second-order valence-corrected chi connectivity index (χ2v) is 6.01. The summed E-state index contributed by atoms with van der Waals surface area (Å²) >= 11 is 0. The highest BCUT2D eigenvalue weighted by atomic mass is 16.7. The number of aryl methyl sites for hydroxylation is 2. The summed E-state index contributed by atoms with van der Waals surface area (Å²) in [5.41, 5.74) is 2.13. The normalized spacial score (nSPS) is 16.2. The second-order valence-electron chi connectivity index (χ2n) is 6.01. The Balaban J connectivity index is 1.86. The maximum absolute atomic E-state index is 12.0. The van der Waals surface area contributed by atoms with Crippen LogP contribution in [0, 0.1) is 6.92 Å². The number of nitrogens with zero attached hydrogens (tertiary/aromatic N) is 4. The van der Waals surface area contributed by atoms with Gasteiger partial charge in [0, 0.05) is 31.3 Å². The summed E-state index contributed by atoms with van der Waals surface area (Å²) in [6.45, 7) is 4.87. The fourth-order valence-corrected chi connectivity index (χ4v) is 2.24. The molecule has 0 radical (unpaired) electrons. The summed E-state index contributed by atoms with van der Waals surface area (Å²) in [7, 11) is 1.68. The van der Waals surface area contributed by atoms with Gasteiger partial charge in [0.1, 0.15) is 0 Å². The van der Waals surface area contributed by atoms with Gasteiger partial charge in [0.15, 0.2) is 5.57 Å². The highest BCUT2D eigenvalue weighted by molar-refractivity contribution is 6.15. The maximum Gasteiger partial charge on any atom is 0.350 e. The Bertz CT molecular complexity index is 862. The van der Waals surface area contributed by atoms with Crippen LogP contribution in [0.4, 0.5) is 5.69 Å². The average Bonchev–Trinajstić information content (AvgIpc) is 2.93. The van der Waals surface area contributed by atoms with Crippen molar-refractivity contribution in [1.82, 2.24) is 20.2 Å². The molecule has 9 heteroatoms. The summed E-state index contributed by atoms with van der Waals surface area (Å²) in [6, 6.07) is 5.52. The van der Waals surface area contributed by atoms with Gasteiger partial charge in [0.25, 0.3) is 5.79 Å². The molecule has 2 aromatic rings. The Morgan fingerprint density at radius 3 is 2.48 bits per heavy atom. The summed E-state index contributed by atoms with van der Waals surface area (Å²) < 4.78 is 10.1. The first-order chi connectivity index (χ1) is 11.7. The van der Waals surface area contributed by atoms with E-state index in [9.17, 15) is 9.59 Å². The third-order valence-corrected chi connectivity index (χ3v) is 3.49. The quantitative estimate of drug-likeness (QED) is 0.505. The Kier molecular flexibility index (Phi) is 3.99. The van der Waals surface area contributed by atoms with Crippen molar-refractivity contribution < 1.29 is 19.1 Å². The minimum Gasteiger partial charge on any atom is -0.419 e. The van der Waals surface area contributed by atoms with Gasteiger partial charge in [-0.15, -0.1) is 10.2 Å². The molecule has 1 aromatic heterocycles. The second kappa shape index (κ2) is 6.00. The van der Waals surface area contributed by atoms with E-state index in [1.54, 1.807) is 13.1 Å². The number of anilines is 1. The summed E-state index contributed by atoms with van der Waals surface area (Å²) in [4.78, 5) is 25.3. The number of rotatable bonds is 3. The molecule has 0 spiro atoms. The van der Waals surface area contributed by atoms with E-state index in [2.05, 4.69) is 20.7 Å². The highest BCUT2D eigenvalue weighted by Gasteiger charge is 2.38. The summed E-state index contributed by atoms with van der Waals surface area (Å²) in [5, 5.41) is 14.8. The minimum absolute atomic E-state index is 0.207. The molecule has 0 saturated carbocycles. The van der Waals surface area contributed by atoms with Crippen LogP contribution in [0.5, 0.6) is 0 Å². The SMILES string of the molecule is Cc1ccc(-c2nnn(C)n2)cc1NC=C1C(=O)OC(C)(C)OC1=O. The first kappa shape index (κ1) is 16.6. The standard InChI is InChI=1S/C16H17N5O4/c1-9-5-6-10(13-18-20-21(4)19-13)7-12(9)17-8-11-14(22)24-16(2,3)25-15(11)23/h5-8,17H,1-4H3. The first-order valence-electron chi connectivity index (χ1n) is 7.53. The third kappa shape index (κ3) is 3.49. The Hall–Kier alpha value is -3.23. The highest BCUT2D eigenvalue weighted by Crippen LogP contribution is 2.25. The van der Waals surface area contributed by atoms with Gasteiger partial charge in [-0.2, -0.15) is 4.80 Å². The van der Waals surface area contributed by atoms with Crippen LogP contribution in [0.25, 0.3) is 11.4 Å². The molecule has 3 rings (SSSR count). The Morgan fingerprint density at radius 1 is 1.20 bits per heavy atom. The Morgan fingerprint density at radius 2 is 1.88 bits per heavy atom. The molecule has 1 N–H and O–H groups in total. The van der Waals surface area contributed by atoms with Gasteiger partial charge in [-0.1, -0.05) is 12.1 Å². The maximum atomic E-state index is 12.0. The number of nitrogens with one attached hydrogen (secondary N) is 1. The van der Waals surface area contributed by atoms with Crippen LogP contribution in [0.1, 0.15) is 19.4 Å². The largest absolute Gasteiger partial charge is 0.419 e. The van der Waals surface area contributed by atoms with E-state index >= 15 is 0 Å². The molecular weight excluding hydrogens is 326 g/mol. The lowest BCUT2D eigenvalue weighted by Gasteiger charge is -2.29. The molecule has 0 bridgehead atoms. The molecule has 9 nitrogen and oxygen atoms in total. The lowest BCUT2D eigenvalue weighted by Crippen LogP contribution is -2.42. The molecule has 25 heavy (non-hydrogen) atoms. The average molecular weight is 343 g/mol. The predicted molar refractivity (Wildman–Crippen MR) is 86.9 cm³/mol. The number of hydrogen-bond acceptors (Lipinski definition) is 8. The smallest absolute Gasteiger partial charge is 0.350 e.